The van der Waals surface area contributed by atoms with Gasteiger partial charge < -0.3 is 15.1 Å². The van der Waals surface area contributed by atoms with Crippen molar-refractivity contribution in [2.75, 3.05) is 18.0 Å². The summed E-state index contributed by atoms with van der Waals surface area (Å²) in [5.74, 6) is -1.32. The zero-order valence-electron chi connectivity index (χ0n) is 11.0. The van der Waals surface area contributed by atoms with Gasteiger partial charge in [0.15, 0.2) is 0 Å². The van der Waals surface area contributed by atoms with Crippen LogP contribution in [0.2, 0.25) is 0 Å². The lowest BCUT2D eigenvalue weighted by Crippen LogP contribution is -2.29. The summed E-state index contributed by atoms with van der Waals surface area (Å²) in [5, 5.41) is 18.9. The van der Waals surface area contributed by atoms with Crippen LogP contribution in [0.15, 0.2) is 12.1 Å². The van der Waals surface area contributed by atoms with E-state index in [0.717, 1.165) is 12.1 Å². The molecular formula is C14H19F2NO2. The first-order chi connectivity index (χ1) is 8.93. The first-order valence-corrected chi connectivity index (χ1v) is 6.49. The summed E-state index contributed by atoms with van der Waals surface area (Å²) in [7, 11) is 0. The lowest BCUT2D eigenvalue weighted by atomic mass is 9.98. The van der Waals surface area contributed by atoms with Crippen molar-refractivity contribution < 1.29 is 19.0 Å². The van der Waals surface area contributed by atoms with Crippen molar-refractivity contribution in [3.8, 4) is 0 Å². The van der Waals surface area contributed by atoms with Gasteiger partial charge in [-0.2, -0.15) is 0 Å². The van der Waals surface area contributed by atoms with Crippen LogP contribution in [0, 0.1) is 11.6 Å². The number of rotatable bonds is 2. The molecule has 0 bridgehead atoms. The Labute approximate surface area is 111 Å². The highest BCUT2D eigenvalue weighted by molar-refractivity contribution is 5.51. The van der Waals surface area contributed by atoms with Crippen LogP contribution >= 0.6 is 0 Å². The van der Waals surface area contributed by atoms with Gasteiger partial charge in [0.1, 0.15) is 17.3 Å². The summed E-state index contributed by atoms with van der Waals surface area (Å²) < 4.78 is 27.9. The molecule has 1 saturated heterocycles. The third-order valence-corrected chi connectivity index (χ3v) is 3.64. The summed E-state index contributed by atoms with van der Waals surface area (Å²) >= 11 is 0. The highest BCUT2D eigenvalue weighted by atomic mass is 19.1. The molecule has 0 saturated carbocycles. The van der Waals surface area contributed by atoms with Gasteiger partial charge in [0.25, 0.3) is 0 Å². The Kier molecular flexibility index (Phi) is 4.06. The summed E-state index contributed by atoms with van der Waals surface area (Å²) in [6, 6.07) is 2.31. The topological polar surface area (TPSA) is 43.7 Å². The Morgan fingerprint density at radius 2 is 1.84 bits per heavy atom. The van der Waals surface area contributed by atoms with Crippen molar-refractivity contribution in [2.45, 2.75) is 38.4 Å². The average Bonchev–Trinajstić information content (AvgIpc) is 2.50. The van der Waals surface area contributed by atoms with Crippen LogP contribution in [0.5, 0.6) is 0 Å². The van der Waals surface area contributed by atoms with E-state index >= 15 is 0 Å². The minimum Gasteiger partial charge on any atom is -0.392 e. The predicted molar refractivity (Wildman–Crippen MR) is 69.0 cm³/mol. The number of hydrogen-bond acceptors (Lipinski definition) is 3. The van der Waals surface area contributed by atoms with Gasteiger partial charge in [-0.1, -0.05) is 0 Å². The smallest absolute Gasteiger partial charge is 0.149 e. The lowest BCUT2D eigenvalue weighted by molar-refractivity contribution is 0.0481. The van der Waals surface area contributed by atoms with Crippen LogP contribution in [0.1, 0.15) is 31.7 Å². The monoisotopic (exact) mass is 271 g/mol. The van der Waals surface area contributed by atoms with Crippen molar-refractivity contribution in [1.29, 1.82) is 0 Å². The first-order valence-electron chi connectivity index (χ1n) is 6.49. The number of halogens is 2. The minimum absolute atomic E-state index is 0.0603. The normalized spacial score (nSPS) is 24.4. The molecule has 1 aromatic rings. The third kappa shape index (κ3) is 3.22. The maximum atomic E-state index is 14.0. The zero-order chi connectivity index (χ0) is 14.0. The van der Waals surface area contributed by atoms with Gasteiger partial charge in [-0.15, -0.1) is 0 Å². The highest BCUT2D eigenvalue weighted by Gasteiger charge is 2.27. The van der Waals surface area contributed by atoms with E-state index in [4.69, 9.17) is 5.11 Å². The quantitative estimate of drug-likeness (QED) is 0.866. The average molecular weight is 271 g/mol. The van der Waals surface area contributed by atoms with E-state index in [2.05, 4.69) is 0 Å². The molecule has 1 fully saturated rings. The molecule has 2 N–H and O–H groups in total. The number of nitrogens with zero attached hydrogens (tertiary/aromatic N) is 1. The molecule has 0 aliphatic carbocycles. The molecule has 0 aromatic heterocycles. The fourth-order valence-electron chi connectivity index (χ4n) is 2.50. The highest BCUT2D eigenvalue weighted by Crippen LogP contribution is 2.29. The van der Waals surface area contributed by atoms with Crippen molar-refractivity contribution in [3.05, 3.63) is 29.3 Å². The molecule has 0 radical (unpaired) electrons. The number of aliphatic hydroxyl groups excluding tert-OH is 1. The van der Waals surface area contributed by atoms with E-state index in [-0.39, 0.29) is 17.9 Å². The molecule has 1 aromatic carbocycles. The standard InChI is InChI=1S/C14H19F2NO2/c1-14(19)3-2-5-17(6-4-14)13-11(15)7-10(9-18)8-12(13)16/h7-8,18-19H,2-6,9H2,1H3. The van der Waals surface area contributed by atoms with Crippen LogP contribution in [0.4, 0.5) is 14.5 Å². The Bertz CT molecular complexity index is 440. The fourth-order valence-corrected chi connectivity index (χ4v) is 2.50. The van der Waals surface area contributed by atoms with Crippen molar-refractivity contribution >= 4 is 5.69 Å². The van der Waals surface area contributed by atoms with E-state index < -0.39 is 17.2 Å². The second-order valence-electron chi connectivity index (χ2n) is 5.40. The van der Waals surface area contributed by atoms with Crippen LogP contribution in [0.25, 0.3) is 0 Å². The molecule has 106 valence electrons. The summed E-state index contributed by atoms with van der Waals surface area (Å²) in [5.41, 5.74) is -0.609. The molecule has 3 nitrogen and oxygen atoms in total. The van der Waals surface area contributed by atoms with Crippen LogP contribution in [-0.2, 0) is 6.61 Å². The van der Waals surface area contributed by atoms with Crippen LogP contribution < -0.4 is 4.90 Å². The summed E-state index contributed by atoms with van der Waals surface area (Å²) in [4.78, 5) is 1.63. The predicted octanol–water partition coefficient (Wildman–Crippen LogP) is 2.20. The van der Waals surface area contributed by atoms with Gasteiger partial charge in [-0.25, -0.2) is 8.78 Å². The maximum absolute atomic E-state index is 14.0. The van der Waals surface area contributed by atoms with Gasteiger partial charge in [-0.3, -0.25) is 0 Å². The molecule has 1 unspecified atom stereocenters. The first kappa shape index (κ1) is 14.2. The molecular weight excluding hydrogens is 252 g/mol. The third-order valence-electron chi connectivity index (χ3n) is 3.64. The van der Waals surface area contributed by atoms with Gasteiger partial charge in [0, 0.05) is 13.1 Å². The van der Waals surface area contributed by atoms with E-state index in [1.54, 1.807) is 11.8 Å². The molecule has 0 spiro atoms. The Morgan fingerprint density at radius 1 is 1.21 bits per heavy atom. The van der Waals surface area contributed by atoms with Gasteiger partial charge in [-0.05, 0) is 43.9 Å². The summed E-state index contributed by atoms with van der Waals surface area (Å²) in [6.45, 7) is 2.29. The molecule has 0 amide bonds. The van der Waals surface area contributed by atoms with E-state index in [1.807, 2.05) is 0 Å². The minimum atomic E-state index is -0.771. The van der Waals surface area contributed by atoms with Crippen molar-refractivity contribution in [3.63, 3.8) is 0 Å². The second-order valence-corrected chi connectivity index (χ2v) is 5.40. The van der Waals surface area contributed by atoms with Crippen LogP contribution in [-0.4, -0.2) is 28.9 Å². The zero-order valence-corrected chi connectivity index (χ0v) is 11.0. The Hall–Kier alpha value is -1.20. The molecule has 1 atom stereocenters. The molecule has 1 aliphatic rings. The number of benzene rings is 1. The SMILES string of the molecule is CC1(O)CCCN(c2c(F)cc(CO)cc2F)CC1. The maximum Gasteiger partial charge on any atom is 0.149 e. The Balaban J connectivity index is 2.27. The van der Waals surface area contributed by atoms with Crippen molar-refractivity contribution in [1.82, 2.24) is 0 Å². The largest absolute Gasteiger partial charge is 0.392 e. The lowest BCUT2D eigenvalue weighted by Gasteiger charge is -2.25. The number of anilines is 1. The molecule has 5 heteroatoms. The molecule has 19 heavy (non-hydrogen) atoms. The van der Waals surface area contributed by atoms with Gasteiger partial charge >= 0.3 is 0 Å². The summed E-state index contributed by atoms with van der Waals surface area (Å²) in [6.07, 6.45) is 1.79. The molecule has 1 heterocycles. The molecule has 2 rings (SSSR count). The second kappa shape index (κ2) is 5.43. The number of aliphatic hydroxyl groups is 2. The van der Waals surface area contributed by atoms with Crippen molar-refractivity contribution in [2.24, 2.45) is 0 Å². The Morgan fingerprint density at radius 3 is 2.42 bits per heavy atom. The number of hydrogen-bond donors (Lipinski definition) is 2. The van der Waals surface area contributed by atoms with Gasteiger partial charge in [0.2, 0.25) is 0 Å². The molecule has 1 aliphatic heterocycles. The van der Waals surface area contributed by atoms with Crippen LogP contribution in [0.3, 0.4) is 0 Å². The van der Waals surface area contributed by atoms with E-state index in [9.17, 15) is 13.9 Å². The van der Waals surface area contributed by atoms with Gasteiger partial charge in [0.05, 0.1) is 12.2 Å². The van der Waals surface area contributed by atoms with E-state index in [0.29, 0.717) is 32.4 Å². The fraction of sp³-hybridized carbons (Fsp3) is 0.571. The van der Waals surface area contributed by atoms with E-state index in [1.165, 1.54) is 0 Å².